The standard InChI is InChI=1S/C16H24OS/c1-13-7-6-10-15(11-13)18-12-16(2,17)14-8-4-3-5-9-14/h3-5,8-9,13,15,17H,6-7,10-12H2,1-2H3. The Morgan fingerprint density at radius 1 is 1.28 bits per heavy atom. The van der Waals surface area contributed by atoms with Crippen LogP contribution in [-0.2, 0) is 5.60 Å². The maximum absolute atomic E-state index is 10.6. The van der Waals surface area contributed by atoms with E-state index in [1.54, 1.807) is 0 Å². The molecule has 0 aliphatic heterocycles. The quantitative estimate of drug-likeness (QED) is 0.879. The van der Waals surface area contributed by atoms with Crippen LogP contribution < -0.4 is 0 Å². The molecule has 2 heteroatoms. The molecule has 1 nitrogen and oxygen atoms in total. The number of aliphatic hydroxyl groups is 1. The van der Waals surface area contributed by atoms with E-state index in [9.17, 15) is 5.11 Å². The third-order valence-electron chi connectivity index (χ3n) is 3.88. The summed E-state index contributed by atoms with van der Waals surface area (Å²) in [7, 11) is 0. The van der Waals surface area contributed by atoms with Crippen LogP contribution in [0, 0.1) is 5.92 Å². The van der Waals surface area contributed by atoms with Crippen LogP contribution in [0.3, 0.4) is 0 Å². The summed E-state index contributed by atoms with van der Waals surface area (Å²) in [5, 5.41) is 11.3. The van der Waals surface area contributed by atoms with Gasteiger partial charge in [0.2, 0.25) is 0 Å². The van der Waals surface area contributed by atoms with Gasteiger partial charge in [0, 0.05) is 11.0 Å². The number of benzene rings is 1. The van der Waals surface area contributed by atoms with Gasteiger partial charge in [0.1, 0.15) is 0 Å². The third kappa shape index (κ3) is 3.76. The van der Waals surface area contributed by atoms with Gasteiger partial charge >= 0.3 is 0 Å². The lowest BCUT2D eigenvalue weighted by molar-refractivity contribution is 0.0837. The second-order valence-electron chi connectivity index (χ2n) is 5.84. The SMILES string of the molecule is CC1CCCC(SCC(C)(O)c2ccccc2)C1. The first-order valence-electron chi connectivity index (χ1n) is 6.97. The van der Waals surface area contributed by atoms with Gasteiger partial charge in [-0.1, -0.05) is 50.1 Å². The lowest BCUT2D eigenvalue weighted by atomic mass is 9.90. The van der Waals surface area contributed by atoms with Gasteiger partial charge in [-0.25, -0.2) is 0 Å². The number of thioether (sulfide) groups is 1. The maximum atomic E-state index is 10.6. The predicted octanol–water partition coefficient (Wildman–Crippen LogP) is 4.21. The van der Waals surface area contributed by atoms with E-state index in [-0.39, 0.29) is 0 Å². The summed E-state index contributed by atoms with van der Waals surface area (Å²) < 4.78 is 0. The van der Waals surface area contributed by atoms with Crippen molar-refractivity contribution in [3.8, 4) is 0 Å². The van der Waals surface area contributed by atoms with Crippen molar-refractivity contribution in [2.75, 3.05) is 5.75 Å². The average molecular weight is 264 g/mol. The Kier molecular flexibility index (Phi) is 4.74. The van der Waals surface area contributed by atoms with Crippen LogP contribution in [0.15, 0.2) is 30.3 Å². The molecule has 1 saturated carbocycles. The first kappa shape index (κ1) is 14.0. The smallest absolute Gasteiger partial charge is 0.0958 e. The molecule has 2 rings (SSSR count). The second kappa shape index (κ2) is 6.12. The Bertz CT molecular complexity index is 361. The molecule has 0 radical (unpaired) electrons. The molecule has 18 heavy (non-hydrogen) atoms. The fourth-order valence-electron chi connectivity index (χ4n) is 2.69. The molecule has 3 atom stereocenters. The summed E-state index contributed by atoms with van der Waals surface area (Å²) in [4.78, 5) is 0. The minimum atomic E-state index is -0.702. The zero-order valence-corrected chi connectivity index (χ0v) is 12.2. The molecule has 3 unspecified atom stereocenters. The predicted molar refractivity (Wildman–Crippen MR) is 79.9 cm³/mol. The van der Waals surface area contributed by atoms with E-state index in [4.69, 9.17) is 0 Å². The van der Waals surface area contributed by atoms with E-state index < -0.39 is 5.60 Å². The highest BCUT2D eigenvalue weighted by molar-refractivity contribution is 7.99. The van der Waals surface area contributed by atoms with Crippen molar-refractivity contribution in [1.82, 2.24) is 0 Å². The maximum Gasteiger partial charge on any atom is 0.0958 e. The second-order valence-corrected chi connectivity index (χ2v) is 7.13. The fraction of sp³-hybridized carbons (Fsp3) is 0.625. The van der Waals surface area contributed by atoms with Crippen LogP contribution in [0.4, 0.5) is 0 Å². The van der Waals surface area contributed by atoms with E-state index >= 15 is 0 Å². The molecule has 1 aromatic carbocycles. The number of rotatable bonds is 4. The molecule has 1 fully saturated rings. The van der Waals surface area contributed by atoms with Crippen LogP contribution in [0.5, 0.6) is 0 Å². The van der Waals surface area contributed by atoms with Crippen molar-refractivity contribution in [3.63, 3.8) is 0 Å². The van der Waals surface area contributed by atoms with Gasteiger partial charge in [0.15, 0.2) is 0 Å². The summed E-state index contributed by atoms with van der Waals surface area (Å²) in [5.41, 5.74) is 0.327. The molecular weight excluding hydrogens is 240 g/mol. The summed E-state index contributed by atoms with van der Waals surface area (Å²) in [6.07, 6.45) is 5.37. The third-order valence-corrected chi connectivity index (χ3v) is 5.51. The van der Waals surface area contributed by atoms with Gasteiger partial charge in [0.05, 0.1) is 5.60 Å². The van der Waals surface area contributed by atoms with Crippen LogP contribution >= 0.6 is 11.8 Å². The normalized spacial score (nSPS) is 27.7. The zero-order chi connectivity index (χ0) is 13.0. The van der Waals surface area contributed by atoms with Crippen molar-refractivity contribution in [1.29, 1.82) is 0 Å². The van der Waals surface area contributed by atoms with E-state index in [0.717, 1.165) is 22.5 Å². The van der Waals surface area contributed by atoms with Gasteiger partial charge in [0.25, 0.3) is 0 Å². The molecule has 0 bridgehead atoms. The van der Waals surface area contributed by atoms with Crippen molar-refractivity contribution in [2.24, 2.45) is 5.92 Å². The Hall–Kier alpha value is -0.470. The van der Waals surface area contributed by atoms with Gasteiger partial charge in [-0.3, -0.25) is 0 Å². The topological polar surface area (TPSA) is 20.2 Å². The molecule has 0 amide bonds. The van der Waals surface area contributed by atoms with Crippen LogP contribution in [0.2, 0.25) is 0 Å². The molecule has 1 aliphatic rings. The molecule has 1 aromatic rings. The summed E-state index contributed by atoms with van der Waals surface area (Å²) in [6.45, 7) is 4.28. The molecule has 0 aromatic heterocycles. The Balaban J connectivity index is 1.89. The van der Waals surface area contributed by atoms with Gasteiger partial charge < -0.3 is 5.11 Å². The van der Waals surface area contributed by atoms with Gasteiger partial charge in [-0.2, -0.15) is 11.8 Å². The highest BCUT2D eigenvalue weighted by Gasteiger charge is 2.26. The molecule has 0 saturated heterocycles. The zero-order valence-electron chi connectivity index (χ0n) is 11.4. The molecular formula is C16H24OS. The monoisotopic (exact) mass is 264 g/mol. The van der Waals surface area contributed by atoms with Crippen molar-refractivity contribution < 1.29 is 5.11 Å². The van der Waals surface area contributed by atoms with Crippen LogP contribution in [0.25, 0.3) is 0 Å². The molecule has 100 valence electrons. The van der Waals surface area contributed by atoms with Crippen molar-refractivity contribution in [3.05, 3.63) is 35.9 Å². The first-order chi connectivity index (χ1) is 8.58. The largest absolute Gasteiger partial charge is 0.385 e. The Morgan fingerprint density at radius 2 is 2.00 bits per heavy atom. The summed E-state index contributed by atoms with van der Waals surface area (Å²) in [5.74, 6) is 1.66. The van der Waals surface area contributed by atoms with E-state index in [1.807, 2.05) is 49.0 Å². The van der Waals surface area contributed by atoms with Crippen LogP contribution in [-0.4, -0.2) is 16.1 Å². The molecule has 1 aliphatic carbocycles. The summed E-state index contributed by atoms with van der Waals surface area (Å²) >= 11 is 1.95. The lowest BCUT2D eigenvalue weighted by Crippen LogP contribution is -2.26. The summed E-state index contributed by atoms with van der Waals surface area (Å²) in [6, 6.07) is 10.0. The molecule has 0 spiro atoms. The van der Waals surface area contributed by atoms with Crippen molar-refractivity contribution in [2.45, 2.75) is 50.4 Å². The number of hydrogen-bond donors (Lipinski definition) is 1. The van der Waals surface area contributed by atoms with E-state index in [1.165, 1.54) is 25.7 Å². The number of hydrogen-bond acceptors (Lipinski definition) is 2. The first-order valence-corrected chi connectivity index (χ1v) is 8.02. The van der Waals surface area contributed by atoms with Crippen molar-refractivity contribution >= 4 is 11.8 Å². The lowest BCUT2D eigenvalue weighted by Gasteiger charge is -2.30. The van der Waals surface area contributed by atoms with Gasteiger partial charge in [-0.15, -0.1) is 0 Å². The average Bonchev–Trinajstić information content (AvgIpc) is 2.38. The Labute approximate surface area is 115 Å². The molecule has 0 heterocycles. The highest BCUT2D eigenvalue weighted by Crippen LogP contribution is 2.35. The minimum absolute atomic E-state index is 0.702. The Morgan fingerprint density at radius 3 is 2.67 bits per heavy atom. The molecule has 1 N–H and O–H groups in total. The fourth-order valence-corrected chi connectivity index (χ4v) is 4.22. The van der Waals surface area contributed by atoms with Crippen LogP contribution in [0.1, 0.15) is 45.1 Å². The minimum Gasteiger partial charge on any atom is -0.385 e. The van der Waals surface area contributed by atoms with E-state index in [0.29, 0.717) is 0 Å². The highest BCUT2D eigenvalue weighted by atomic mass is 32.2. The van der Waals surface area contributed by atoms with Gasteiger partial charge in [-0.05, 0) is 31.2 Å². The van der Waals surface area contributed by atoms with E-state index in [2.05, 4.69) is 6.92 Å².